The van der Waals surface area contributed by atoms with Gasteiger partial charge in [-0.2, -0.15) is 0 Å². The summed E-state index contributed by atoms with van der Waals surface area (Å²) in [5.41, 5.74) is 5.81. The summed E-state index contributed by atoms with van der Waals surface area (Å²) in [5, 5.41) is 19.9. The molecule has 0 aromatic carbocycles. The summed E-state index contributed by atoms with van der Waals surface area (Å²) in [5.74, 6) is -1.65. The zero-order valence-electron chi connectivity index (χ0n) is 18.2. The number of carboxylic acids is 1. The molecule has 4 aliphatic rings. The van der Waals surface area contributed by atoms with Gasteiger partial charge in [0.25, 0.3) is 0 Å². The van der Waals surface area contributed by atoms with Gasteiger partial charge in [0.1, 0.15) is 5.70 Å². The molecule has 172 valence electrons. The minimum atomic E-state index is -1.11. The van der Waals surface area contributed by atoms with Crippen molar-refractivity contribution in [3.8, 4) is 0 Å². The van der Waals surface area contributed by atoms with Crippen LogP contribution in [-0.4, -0.2) is 99.4 Å². The Labute approximate surface area is 186 Å². The molecule has 0 aromatic heterocycles. The number of rotatable bonds is 6. The molecule has 7 atom stereocenters. The van der Waals surface area contributed by atoms with Gasteiger partial charge in [-0.1, -0.05) is 6.92 Å². The molecule has 31 heavy (non-hydrogen) atoms. The summed E-state index contributed by atoms with van der Waals surface area (Å²) in [6.45, 7) is 6.23. The number of amides is 2. The molecule has 0 unspecified atom stereocenters. The number of β-lactam (4-membered cyclic amide) rings is 1. The van der Waals surface area contributed by atoms with Crippen LogP contribution in [0.15, 0.2) is 10.6 Å². The normalized spacial score (nSPS) is 36.7. The van der Waals surface area contributed by atoms with E-state index in [9.17, 15) is 24.6 Å². The van der Waals surface area contributed by atoms with E-state index in [0.717, 1.165) is 13.0 Å². The fourth-order valence-corrected chi connectivity index (χ4v) is 7.22. The molecule has 0 radical (unpaired) electrons. The number of aliphatic hydroxyl groups excluding tert-OH is 1. The number of hydrogen-bond acceptors (Lipinski definition) is 7. The predicted octanol–water partition coefficient (Wildman–Crippen LogP) is -0.247. The second kappa shape index (κ2) is 8.38. The molecule has 3 saturated heterocycles. The number of hydrogen-bond donors (Lipinski definition) is 3. The molecule has 10 heteroatoms. The highest BCUT2D eigenvalue weighted by molar-refractivity contribution is 8.03. The van der Waals surface area contributed by atoms with Crippen molar-refractivity contribution in [2.45, 2.75) is 50.1 Å². The highest BCUT2D eigenvalue weighted by Gasteiger charge is 2.60. The van der Waals surface area contributed by atoms with E-state index >= 15 is 0 Å². The van der Waals surface area contributed by atoms with E-state index in [2.05, 4.69) is 4.90 Å². The van der Waals surface area contributed by atoms with Gasteiger partial charge in [-0.05, 0) is 39.3 Å². The monoisotopic (exact) mass is 452 g/mol. The number of aliphatic carboxylic acids is 1. The number of thioether (sulfide) groups is 1. The van der Waals surface area contributed by atoms with E-state index in [1.54, 1.807) is 6.92 Å². The molecule has 4 rings (SSSR count). The van der Waals surface area contributed by atoms with E-state index in [0.29, 0.717) is 36.9 Å². The van der Waals surface area contributed by atoms with Crippen molar-refractivity contribution in [3.05, 3.63) is 10.6 Å². The molecule has 0 aromatic rings. The zero-order chi connectivity index (χ0) is 22.6. The number of fused-ring (bicyclic) bond motifs is 1. The summed E-state index contributed by atoms with van der Waals surface area (Å²) in [6, 6.07) is -0.529. The zero-order valence-corrected chi connectivity index (χ0v) is 19.0. The first kappa shape index (κ1) is 22.6. The van der Waals surface area contributed by atoms with Crippen molar-refractivity contribution >= 4 is 29.5 Å². The first-order valence-electron chi connectivity index (χ1n) is 11.0. The first-order chi connectivity index (χ1) is 14.6. The van der Waals surface area contributed by atoms with E-state index < -0.39 is 18.0 Å². The predicted molar refractivity (Wildman–Crippen MR) is 116 cm³/mol. The lowest BCUT2D eigenvalue weighted by atomic mass is 9.79. The van der Waals surface area contributed by atoms with Crippen LogP contribution in [0.2, 0.25) is 0 Å². The Morgan fingerprint density at radius 2 is 2.03 bits per heavy atom. The van der Waals surface area contributed by atoms with Crippen molar-refractivity contribution in [1.82, 2.24) is 14.7 Å². The number of likely N-dealkylation sites (N-methyl/N-ethyl adjacent to an activating group) is 1. The van der Waals surface area contributed by atoms with Crippen molar-refractivity contribution < 1.29 is 24.6 Å². The maximum Gasteiger partial charge on any atom is 0.353 e. The highest BCUT2D eigenvalue weighted by atomic mass is 32.2. The second-order valence-electron chi connectivity index (χ2n) is 9.38. The van der Waals surface area contributed by atoms with E-state index in [-0.39, 0.29) is 40.8 Å². The summed E-state index contributed by atoms with van der Waals surface area (Å²) < 4.78 is 0. The number of carbonyl (C=O) groups excluding carboxylic acids is 2. The number of likely N-dealkylation sites (tertiary alicyclic amines) is 2. The minimum absolute atomic E-state index is 0.0483. The number of carbonyl (C=O) groups is 3. The molecule has 4 aliphatic heterocycles. The van der Waals surface area contributed by atoms with Crippen molar-refractivity contribution in [2.24, 2.45) is 23.5 Å². The third-order valence-corrected chi connectivity index (χ3v) is 8.82. The van der Waals surface area contributed by atoms with Crippen molar-refractivity contribution in [2.75, 3.05) is 33.2 Å². The van der Waals surface area contributed by atoms with Crippen molar-refractivity contribution in [3.63, 3.8) is 0 Å². The first-order valence-corrected chi connectivity index (χ1v) is 11.9. The lowest BCUT2D eigenvalue weighted by molar-refractivity contribution is -0.163. The molecule has 0 aliphatic carbocycles. The summed E-state index contributed by atoms with van der Waals surface area (Å²) in [4.78, 5) is 43.6. The van der Waals surface area contributed by atoms with Crippen molar-refractivity contribution in [1.29, 1.82) is 0 Å². The minimum Gasteiger partial charge on any atom is -0.477 e. The summed E-state index contributed by atoms with van der Waals surface area (Å²) in [7, 11) is 1.93. The second-order valence-corrected chi connectivity index (χ2v) is 10.7. The number of carboxylic acid groups (broad SMARTS) is 1. The quantitative estimate of drug-likeness (QED) is 0.471. The SMILES string of the molecule is C[C@@H](O)[C@H]1C(=O)N2C(C(=O)O)=C(S[C@H]3C[C@@H](C(=O)N4CC[C@H](CN)C4)N(C)C3)[C@H](C)[C@H]12. The molecule has 3 fully saturated rings. The van der Waals surface area contributed by atoms with Crippen LogP contribution in [0, 0.1) is 17.8 Å². The molecular formula is C21H32N4O5S. The number of nitrogens with two attached hydrogens (primary N) is 1. The molecule has 0 bridgehead atoms. The van der Waals surface area contributed by atoms with Gasteiger partial charge in [0, 0.05) is 35.7 Å². The average molecular weight is 453 g/mol. The summed E-state index contributed by atoms with van der Waals surface area (Å²) in [6.07, 6.45) is 0.776. The van der Waals surface area contributed by atoms with Gasteiger partial charge >= 0.3 is 5.97 Å². The fourth-order valence-electron chi connectivity index (χ4n) is 5.62. The highest BCUT2D eigenvalue weighted by Crippen LogP contribution is 2.52. The van der Waals surface area contributed by atoms with Gasteiger partial charge in [-0.15, -0.1) is 11.8 Å². The maximum absolute atomic E-state index is 13.1. The third-order valence-electron chi connectivity index (χ3n) is 7.33. The topological polar surface area (TPSA) is 127 Å². The summed E-state index contributed by atoms with van der Waals surface area (Å²) >= 11 is 1.49. The molecule has 0 saturated carbocycles. The Hall–Kier alpha value is -1.62. The van der Waals surface area contributed by atoms with Crippen LogP contribution in [0.1, 0.15) is 26.7 Å². The largest absolute Gasteiger partial charge is 0.477 e. The van der Waals surface area contributed by atoms with Gasteiger partial charge in [0.15, 0.2) is 0 Å². The Bertz CT molecular complexity index is 818. The van der Waals surface area contributed by atoms with Crippen LogP contribution in [0.4, 0.5) is 0 Å². The fraction of sp³-hybridized carbons (Fsp3) is 0.762. The lowest BCUT2D eigenvalue weighted by Gasteiger charge is -2.46. The smallest absolute Gasteiger partial charge is 0.353 e. The Balaban J connectivity index is 1.47. The van der Waals surface area contributed by atoms with Crippen LogP contribution in [0.3, 0.4) is 0 Å². The van der Waals surface area contributed by atoms with E-state index in [1.165, 1.54) is 16.7 Å². The Morgan fingerprint density at radius 3 is 2.61 bits per heavy atom. The van der Waals surface area contributed by atoms with Gasteiger partial charge in [-0.3, -0.25) is 14.5 Å². The third kappa shape index (κ3) is 3.67. The molecule has 2 amide bonds. The Kier molecular flexibility index (Phi) is 6.10. The maximum atomic E-state index is 13.1. The van der Waals surface area contributed by atoms with Crippen LogP contribution < -0.4 is 5.73 Å². The number of nitrogens with zero attached hydrogens (tertiary/aromatic N) is 3. The van der Waals surface area contributed by atoms with Crippen LogP contribution in [0.25, 0.3) is 0 Å². The van der Waals surface area contributed by atoms with Crippen LogP contribution >= 0.6 is 11.8 Å². The van der Waals surface area contributed by atoms with Gasteiger partial charge in [0.05, 0.1) is 24.1 Å². The Morgan fingerprint density at radius 1 is 1.32 bits per heavy atom. The molecule has 4 N–H and O–H groups in total. The van der Waals surface area contributed by atoms with Gasteiger partial charge in [-0.25, -0.2) is 4.79 Å². The average Bonchev–Trinajstić information content (AvgIpc) is 3.38. The molecule has 4 heterocycles. The molecule has 0 spiro atoms. The number of aliphatic hydroxyl groups is 1. The molecular weight excluding hydrogens is 420 g/mol. The van der Waals surface area contributed by atoms with Crippen LogP contribution in [0.5, 0.6) is 0 Å². The van der Waals surface area contributed by atoms with Crippen LogP contribution in [-0.2, 0) is 14.4 Å². The van der Waals surface area contributed by atoms with E-state index in [1.807, 2.05) is 18.9 Å². The standard InChI is InChI=1S/C21H32N4O5S/c1-10-16-15(11(2)26)20(28)25(16)17(21(29)30)18(10)31-13-6-14(23(3)9-13)19(27)24-5-4-12(7-22)8-24/h10-16,26H,4-9,22H2,1-3H3,(H,29,30)/t10-,11-,12-,13+,14+,15-,16-/m1/s1. The lowest BCUT2D eigenvalue weighted by Crippen LogP contribution is -2.63. The van der Waals surface area contributed by atoms with E-state index in [4.69, 9.17) is 5.73 Å². The van der Waals surface area contributed by atoms with Gasteiger partial charge < -0.3 is 25.7 Å². The van der Waals surface area contributed by atoms with Gasteiger partial charge in [0.2, 0.25) is 11.8 Å². The molecule has 9 nitrogen and oxygen atoms in total.